The maximum atomic E-state index is 12.5. The van der Waals surface area contributed by atoms with Crippen LogP contribution in [0.25, 0.3) is 0 Å². The van der Waals surface area contributed by atoms with Gasteiger partial charge in [0, 0.05) is 27.5 Å². The number of nitrogens with one attached hydrogen (secondary N) is 2. The molecule has 0 unspecified atom stereocenters. The smallest absolute Gasteiger partial charge is 0.341 e. The zero-order chi connectivity index (χ0) is 24.8. The van der Waals surface area contributed by atoms with Crippen molar-refractivity contribution >= 4 is 68.5 Å². The van der Waals surface area contributed by atoms with Crippen molar-refractivity contribution in [3.63, 3.8) is 0 Å². The van der Waals surface area contributed by atoms with Crippen molar-refractivity contribution in [3.05, 3.63) is 98.6 Å². The van der Waals surface area contributed by atoms with Gasteiger partial charge in [-0.3, -0.25) is 4.68 Å². The van der Waals surface area contributed by atoms with Crippen LogP contribution < -0.4 is 10.6 Å². The van der Waals surface area contributed by atoms with Gasteiger partial charge in [-0.25, -0.2) is 4.79 Å². The first-order chi connectivity index (χ1) is 16.9. The van der Waals surface area contributed by atoms with Crippen LogP contribution in [0.1, 0.15) is 33.3 Å². The number of rotatable bonds is 8. The molecule has 0 spiro atoms. The molecule has 0 bridgehead atoms. The van der Waals surface area contributed by atoms with Gasteiger partial charge >= 0.3 is 5.97 Å². The molecule has 35 heavy (non-hydrogen) atoms. The van der Waals surface area contributed by atoms with Gasteiger partial charge in [-0.05, 0) is 48.5 Å². The molecule has 0 aliphatic rings. The Labute approximate surface area is 222 Å². The minimum absolute atomic E-state index is 0.293. The first-order valence-electron chi connectivity index (χ1n) is 10.8. The predicted molar refractivity (Wildman–Crippen MR) is 147 cm³/mol. The molecule has 2 aromatic carbocycles. The molecule has 0 aliphatic carbocycles. The van der Waals surface area contributed by atoms with E-state index in [0.717, 1.165) is 16.0 Å². The standard InChI is InChI=1S/C25H22Cl2N4O2S2/c1-2-33-24(32)21-12-20(10-16-6-4-3-5-7-16)35-23(21)30-25(34)29-19-13-28-31(15-19)14-17-8-9-18(26)11-22(17)27/h3-9,11-13,15H,2,10,14H2,1H3,(H2,29,30,34). The number of carbonyl (C=O) groups excluding carboxylic acids is 1. The van der Waals surface area contributed by atoms with E-state index < -0.39 is 0 Å². The second kappa shape index (κ2) is 11.7. The molecule has 0 saturated carbocycles. The fourth-order valence-electron chi connectivity index (χ4n) is 3.38. The molecule has 6 nitrogen and oxygen atoms in total. The first-order valence-corrected chi connectivity index (χ1v) is 12.8. The van der Waals surface area contributed by atoms with Crippen LogP contribution in [-0.4, -0.2) is 27.5 Å². The monoisotopic (exact) mass is 544 g/mol. The van der Waals surface area contributed by atoms with Gasteiger partial charge in [-0.1, -0.05) is 59.6 Å². The lowest BCUT2D eigenvalue weighted by atomic mass is 10.1. The van der Waals surface area contributed by atoms with Crippen LogP contribution in [0.15, 0.2) is 67.0 Å². The predicted octanol–water partition coefficient (Wildman–Crippen LogP) is 6.88. The molecule has 0 amide bonds. The number of hydrogen-bond donors (Lipinski definition) is 2. The number of hydrogen-bond acceptors (Lipinski definition) is 5. The van der Waals surface area contributed by atoms with Crippen LogP contribution in [0.3, 0.4) is 0 Å². The number of thiocarbonyl (C=S) groups is 1. The molecule has 4 aromatic rings. The van der Waals surface area contributed by atoms with Gasteiger partial charge in [0.1, 0.15) is 5.00 Å². The largest absolute Gasteiger partial charge is 0.462 e. The lowest BCUT2D eigenvalue weighted by Crippen LogP contribution is -2.19. The highest BCUT2D eigenvalue weighted by Crippen LogP contribution is 2.31. The number of esters is 1. The van der Waals surface area contributed by atoms with Crippen LogP contribution >= 0.6 is 46.8 Å². The Kier molecular flexibility index (Phi) is 8.41. The van der Waals surface area contributed by atoms with Crippen LogP contribution in [0, 0.1) is 0 Å². The molecule has 4 rings (SSSR count). The number of nitrogens with zero attached hydrogens (tertiary/aromatic N) is 2. The van der Waals surface area contributed by atoms with Crippen molar-refractivity contribution < 1.29 is 9.53 Å². The highest BCUT2D eigenvalue weighted by atomic mass is 35.5. The maximum absolute atomic E-state index is 12.5. The van der Waals surface area contributed by atoms with Gasteiger partial charge in [0.25, 0.3) is 0 Å². The Morgan fingerprint density at radius 1 is 1.14 bits per heavy atom. The summed E-state index contributed by atoms with van der Waals surface area (Å²) in [4.78, 5) is 13.6. The van der Waals surface area contributed by atoms with Crippen molar-refractivity contribution in [3.8, 4) is 0 Å². The average molecular weight is 546 g/mol. The van der Waals surface area contributed by atoms with E-state index in [0.29, 0.717) is 51.0 Å². The van der Waals surface area contributed by atoms with Gasteiger partial charge in [0.05, 0.1) is 30.6 Å². The van der Waals surface area contributed by atoms with Gasteiger partial charge in [-0.2, -0.15) is 5.10 Å². The van der Waals surface area contributed by atoms with Crippen molar-refractivity contribution in [1.29, 1.82) is 0 Å². The van der Waals surface area contributed by atoms with Gasteiger partial charge in [-0.15, -0.1) is 11.3 Å². The Morgan fingerprint density at radius 3 is 2.69 bits per heavy atom. The average Bonchev–Trinajstić information content (AvgIpc) is 3.43. The molecule has 0 aliphatic heterocycles. The lowest BCUT2D eigenvalue weighted by molar-refractivity contribution is 0.0528. The molecular formula is C25H22Cl2N4O2S2. The second-order valence-corrected chi connectivity index (χ2v) is 9.97. The summed E-state index contributed by atoms with van der Waals surface area (Å²) >= 11 is 19.2. The zero-order valence-corrected chi connectivity index (χ0v) is 21.9. The Bertz CT molecular complexity index is 1340. The summed E-state index contributed by atoms with van der Waals surface area (Å²) in [5.74, 6) is -0.388. The molecule has 2 aromatic heterocycles. The molecule has 2 N–H and O–H groups in total. The molecule has 0 radical (unpaired) electrons. The molecule has 0 fully saturated rings. The first kappa shape index (κ1) is 25.2. The number of thiophene rings is 1. The van der Waals surface area contributed by atoms with E-state index in [1.54, 1.807) is 29.9 Å². The zero-order valence-electron chi connectivity index (χ0n) is 18.8. The summed E-state index contributed by atoms with van der Waals surface area (Å²) in [5.41, 5.74) is 3.21. The Hall–Kier alpha value is -2.91. The van der Waals surface area contributed by atoms with Crippen LogP contribution in [0.2, 0.25) is 10.0 Å². The van der Waals surface area contributed by atoms with E-state index in [4.69, 9.17) is 40.2 Å². The number of aromatic nitrogens is 2. The summed E-state index contributed by atoms with van der Waals surface area (Å²) in [6.45, 7) is 2.56. The second-order valence-electron chi connectivity index (χ2n) is 7.58. The molecular weight excluding hydrogens is 523 g/mol. The summed E-state index contributed by atoms with van der Waals surface area (Å²) < 4.78 is 6.98. The third-order valence-electron chi connectivity index (χ3n) is 4.97. The molecule has 0 atom stereocenters. The third-order valence-corrected chi connectivity index (χ3v) is 6.81. The lowest BCUT2D eigenvalue weighted by Gasteiger charge is -2.09. The Balaban J connectivity index is 1.44. The van der Waals surface area contributed by atoms with E-state index in [2.05, 4.69) is 27.9 Å². The maximum Gasteiger partial charge on any atom is 0.341 e. The number of carbonyl (C=O) groups is 1. The fourth-order valence-corrected chi connectivity index (χ4v) is 5.22. The SMILES string of the molecule is CCOC(=O)c1cc(Cc2ccccc2)sc1NC(=S)Nc1cnn(Cc2ccc(Cl)cc2Cl)c1. The van der Waals surface area contributed by atoms with E-state index in [9.17, 15) is 4.79 Å². The van der Waals surface area contributed by atoms with E-state index >= 15 is 0 Å². The van der Waals surface area contributed by atoms with Gasteiger partial charge in [0.15, 0.2) is 5.11 Å². The number of anilines is 2. The van der Waals surface area contributed by atoms with E-state index in [1.807, 2.05) is 36.5 Å². The van der Waals surface area contributed by atoms with Crippen LogP contribution in [-0.2, 0) is 17.7 Å². The fraction of sp³-hybridized carbons (Fsp3) is 0.160. The molecule has 10 heteroatoms. The summed E-state index contributed by atoms with van der Waals surface area (Å²) in [7, 11) is 0. The highest BCUT2D eigenvalue weighted by molar-refractivity contribution is 7.80. The summed E-state index contributed by atoms with van der Waals surface area (Å²) in [6.07, 6.45) is 4.19. The van der Waals surface area contributed by atoms with E-state index in [-0.39, 0.29) is 5.97 Å². The summed E-state index contributed by atoms with van der Waals surface area (Å²) in [6, 6.07) is 17.3. The molecule has 0 saturated heterocycles. The van der Waals surface area contributed by atoms with Gasteiger partial charge < -0.3 is 15.4 Å². The quantitative estimate of drug-likeness (QED) is 0.186. The van der Waals surface area contributed by atoms with Crippen molar-refractivity contribution in [1.82, 2.24) is 9.78 Å². The normalized spacial score (nSPS) is 10.7. The Morgan fingerprint density at radius 2 is 1.94 bits per heavy atom. The molecule has 180 valence electrons. The topological polar surface area (TPSA) is 68.2 Å². The van der Waals surface area contributed by atoms with Crippen molar-refractivity contribution in [2.45, 2.75) is 19.9 Å². The van der Waals surface area contributed by atoms with Gasteiger partial charge in [0.2, 0.25) is 0 Å². The van der Waals surface area contributed by atoms with E-state index in [1.165, 1.54) is 11.3 Å². The van der Waals surface area contributed by atoms with Crippen LogP contribution in [0.4, 0.5) is 10.7 Å². The van der Waals surface area contributed by atoms with Crippen LogP contribution in [0.5, 0.6) is 0 Å². The minimum atomic E-state index is -0.388. The summed E-state index contributed by atoms with van der Waals surface area (Å²) in [5, 5.41) is 12.8. The molecule has 2 heterocycles. The highest BCUT2D eigenvalue weighted by Gasteiger charge is 2.19. The number of ether oxygens (including phenoxy) is 1. The minimum Gasteiger partial charge on any atom is -0.462 e. The van der Waals surface area contributed by atoms with Crippen molar-refractivity contribution in [2.75, 3.05) is 17.2 Å². The number of benzene rings is 2. The third kappa shape index (κ3) is 6.82. The van der Waals surface area contributed by atoms with Crippen molar-refractivity contribution in [2.24, 2.45) is 0 Å². The number of halogens is 2.